The number of anilines is 3. The topological polar surface area (TPSA) is 19.0 Å². The van der Waals surface area contributed by atoms with Gasteiger partial charge in [0.1, 0.15) is 0 Å². The summed E-state index contributed by atoms with van der Waals surface area (Å²) in [5.41, 5.74) is 21.1. The highest BCUT2D eigenvalue weighted by Crippen LogP contribution is 2.44. The molecule has 0 saturated carbocycles. The van der Waals surface area contributed by atoms with E-state index in [-0.39, 0.29) is 0 Å². The number of para-hydroxylation sites is 2. The molecule has 58 heavy (non-hydrogen) atoms. The number of aromatic nitrogens is 1. The van der Waals surface area contributed by atoms with E-state index in [0.717, 1.165) is 29.9 Å². The number of fused-ring (bicyclic) bond motifs is 6. The summed E-state index contributed by atoms with van der Waals surface area (Å²) in [7, 11) is 0. The molecule has 2 nitrogen and oxygen atoms in total. The lowest BCUT2D eigenvalue weighted by atomic mass is 9.95. The molecule has 10 rings (SSSR count). The average molecular weight is 745 g/mol. The summed E-state index contributed by atoms with van der Waals surface area (Å²) in [6, 6.07) is 66.9. The molecule has 1 N–H and O–H groups in total. The second-order valence-electron chi connectivity index (χ2n) is 15.2. The molecule has 1 aromatic heterocycles. The zero-order valence-corrected chi connectivity index (χ0v) is 32.9. The maximum atomic E-state index is 3.70. The van der Waals surface area contributed by atoms with Crippen molar-refractivity contribution in [2.24, 2.45) is 0 Å². The number of allylic oxidation sites excluding steroid dienone is 4. The maximum absolute atomic E-state index is 3.70. The van der Waals surface area contributed by atoms with Gasteiger partial charge in [-0.2, -0.15) is 0 Å². The van der Waals surface area contributed by atoms with Crippen molar-refractivity contribution in [3.8, 4) is 44.5 Å². The Hall–Kier alpha value is -7.16. The Kier molecular flexibility index (Phi) is 9.16. The molecule has 1 heterocycles. The largest absolute Gasteiger partial charge is 0.354 e. The summed E-state index contributed by atoms with van der Waals surface area (Å²) in [6.45, 7) is 4.30. The molecular weight excluding hydrogens is 701 g/mol. The molecular formula is C56H44N2. The predicted molar refractivity (Wildman–Crippen MR) is 248 cm³/mol. The predicted octanol–water partition coefficient (Wildman–Crippen LogP) is 15.7. The monoisotopic (exact) mass is 744 g/mol. The maximum Gasteiger partial charge on any atom is 0.0544 e. The van der Waals surface area contributed by atoms with Crippen molar-refractivity contribution in [2.75, 3.05) is 4.90 Å². The van der Waals surface area contributed by atoms with E-state index in [2.05, 4.69) is 224 Å². The zero-order valence-electron chi connectivity index (χ0n) is 32.9. The fraction of sp³-hybridized carbons (Fsp3) is 0.0714. The van der Waals surface area contributed by atoms with Crippen LogP contribution in [0.5, 0.6) is 0 Å². The molecule has 0 spiro atoms. The first-order valence-electron chi connectivity index (χ1n) is 20.4. The second-order valence-corrected chi connectivity index (χ2v) is 15.2. The van der Waals surface area contributed by atoms with Crippen LogP contribution in [0.25, 0.3) is 71.9 Å². The van der Waals surface area contributed by atoms with Crippen molar-refractivity contribution >= 4 is 44.4 Å². The van der Waals surface area contributed by atoms with E-state index in [0.29, 0.717) is 0 Å². The number of aromatic amines is 1. The van der Waals surface area contributed by atoms with Crippen LogP contribution in [0.4, 0.5) is 17.1 Å². The van der Waals surface area contributed by atoms with Crippen molar-refractivity contribution in [3.63, 3.8) is 0 Å². The van der Waals surface area contributed by atoms with Gasteiger partial charge in [-0.3, -0.25) is 0 Å². The first-order valence-corrected chi connectivity index (χ1v) is 20.4. The van der Waals surface area contributed by atoms with Crippen LogP contribution in [0.1, 0.15) is 37.0 Å². The van der Waals surface area contributed by atoms with E-state index < -0.39 is 0 Å². The van der Waals surface area contributed by atoms with Gasteiger partial charge < -0.3 is 9.88 Å². The Morgan fingerprint density at radius 1 is 0.517 bits per heavy atom. The SMILES string of the molecule is C/C=C\C=C(/CC)c1cccc(N(c2ccc(-c3ccccc3)cc2)c2ccc3c(c2)Cc2cc(-c4cccc(-c5cccc6c5[nH]c5ccccc56)c4)ccc2-3)c1. The summed E-state index contributed by atoms with van der Waals surface area (Å²) in [4.78, 5) is 6.11. The molecule has 0 unspecified atom stereocenters. The normalized spacial score (nSPS) is 12.3. The third kappa shape index (κ3) is 6.43. The lowest BCUT2D eigenvalue weighted by Gasteiger charge is -2.27. The lowest BCUT2D eigenvalue weighted by Crippen LogP contribution is -2.10. The van der Waals surface area contributed by atoms with Crippen LogP contribution in [0.3, 0.4) is 0 Å². The first kappa shape index (κ1) is 35.3. The van der Waals surface area contributed by atoms with Crippen LogP contribution < -0.4 is 4.90 Å². The quantitative estimate of drug-likeness (QED) is 0.146. The van der Waals surface area contributed by atoms with Crippen LogP contribution in [0, 0.1) is 0 Å². The van der Waals surface area contributed by atoms with Gasteiger partial charge in [-0.25, -0.2) is 0 Å². The number of hydrogen-bond acceptors (Lipinski definition) is 1. The molecule has 1 aliphatic rings. The van der Waals surface area contributed by atoms with Crippen molar-refractivity contribution in [2.45, 2.75) is 26.7 Å². The zero-order chi connectivity index (χ0) is 39.0. The van der Waals surface area contributed by atoms with Crippen molar-refractivity contribution in [1.29, 1.82) is 0 Å². The standard InChI is InChI=1S/C56H44N2/c1-3-5-14-38(4-2)42-18-12-20-48(36-42)58(47-28-25-40(26-29-47)39-15-7-6-8-16-39)49-30-32-51-46(37-49)35-45-34-43(27-31-50(45)51)41-17-11-19-44(33-41)52-22-13-23-54-53-21-9-10-24-55(53)57-56(52)54/h3,5-34,36-37,57H,4,35H2,1-2H3/b5-3-,38-14+. The van der Waals surface area contributed by atoms with Gasteiger partial charge in [0.05, 0.1) is 5.52 Å². The van der Waals surface area contributed by atoms with Gasteiger partial charge in [0.15, 0.2) is 0 Å². The van der Waals surface area contributed by atoms with Crippen LogP contribution >= 0.6 is 0 Å². The molecule has 1 aliphatic carbocycles. The molecule has 278 valence electrons. The molecule has 0 atom stereocenters. The highest BCUT2D eigenvalue weighted by Gasteiger charge is 2.22. The summed E-state index contributed by atoms with van der Waals surface area (Å²) < 4.78 is 0. The highest BCUT2D eigenvalue weighted by atomic mass is 15.1. The van der Waals surface area contributed by atoms with Crippen LogP contribution in [0.15, 0.2) is 200 Å². The number of nitrogens with zero attached hydrogens (tertiary/aromatic N) is 1. The van der Waals surface area contributed by atoms with Gasteiger partial charge in [0.2, 0.25) is 0 Å². The van der Waals surface area contributed by atoms with Crippen molar-refractivity contribution < 1.29 is 0 Å². The van der Waals surface area contributed by atoms with Gasteiger partial charge in [-0.1, -0.05) is 159 Å². The fourth-order valence-corrected chi connectivity index (χ4v) is 8.85. The smallest absolute Gasteiger partial charge is 0.0544 e. The second kappa shape index (κ2) is 15.1. The van der Waals surface area contributed by atoms with Gasteiger partial charge in [0, 0.05) is 38.9 Å². The van der Waals surface area contributed by atoms with Crippen molar-refractivity contribution in [1.82, 2.24) is 4.98 Å². The minimum absolute atomic E-state index is 0.896. The molecule has 0 saturated heterocycles. The molecule has 0 aliphatic heterocycles. The van der Waals surface area contributed by atoms with Crippen LogP contribution in [0.2, 0.25) is 0 Å². The third-order valence-electron chi connectivity index (χ3n) is 11.8. The van der Waals surface area contributed by atoms with Gasteiger partial charge >= 0.3 is 0 Å². The van der Waals surface area contributed by atoms with Gasteiger partial charge in [-0.05, 0) is 130 Å². The molecule has 0 fully saturated rings. The molecule has 0 bridgehead atoms. The minimum atomic E-state index is 0.896. The highest BCUT2D eigenvalue weighted by molar-refractivity contribution is 6.12. The molecule has 0 radical (unpaired) electrons. The summed E-state index contributed by atoms with van der Waals surface area (Å²) >= 11 is 0. The summed E-state index contributed by atoms with van der Waals surface area (Å²) in [5.74, 6) is 0. The fourth-order valence-electron chi connectivity index (χ4n) is 8.85. The van der Waals surface area contributed by atoms with E-state index in [9.17, 15) is 0 Å². The molecule has 8 aromatic carbocycles. The van der Waals surface area contributed by atoms with Crippen LogP contribution in [-0.2, 0) is 6.42 Å². The third-order valence-corrected chi connectivity index (χ3v) is 11.8. The van der Waals surface area contributed by atoms with E-state index >= 15 is 0 Å². The van der Waals surface area contributed by atoms with E-state index in [1.54, 1.807) is 0 Å². The molecule has 0 amide bonds. The van der Waals surface area contributed by atoms with Gasteiger partial charge in [-0.15, -0.1) is 0 Å². The Labute approximate surface area is 341 Å². The molecule has 2 heteroatoms. The van der Waals surface area contributed by atoms with Crippen molar-refractivity contribution in [3.05, 3.63) is 217 Å². The summed E-state index contributed by atoms with van der Waals surface area (Å²) in [6.07, 6.45) is 8.32. The van der Waals surface area contributed by atoms with Crippen LogP contribution in [-0.4, -0.2) is 4.98 Å². The number of benzene rings is 8. The Morgan fingerprint density at radius 3 is 2.00 bits per heavy atom. The lowest BCUT2D eigenvalue weighted by molar-refractivity contribution is 1.22. The number of hydrogen-bond donors (Lipinski definition) is 1. The van der Waals surface area contributed by atoms with E-state index in [1.807, 2.05) is 0 Å². The Balaban J connectivity index is 0.998. The Bertz CT molecular complexity index is 3020. The van der Waals surface area contributed by atoms with E-state index in [4.69, 9.17) is 0 Å². The van der Waals surface area contributed by atoms with Gasteiger partial charge in [0.25, 0.3) is 0 Å². The number of nitrogens with one attached hydrogen (secondary N) is 1. The molecule has 9 aromatic rings. The minimum Gasteiger partial charge on any atom is -0.354 e. The number of H-pyrrole nitrogens is 1. The van der Waals surface area contributed by atoms with E-state index in [1.165, 1.54) is 88.6 Å². The number of rotatable bonds is 9. The first-order chi connectivity index (χ1) is 28.6. The average Bonchev–Trinajstić information content (AvgIpc) is 3.85. The Morgan fingerprint density at radius 2 is 1.16 bits per heavy atom. The summed E-state index contributed by atoms with van der Waals surface area (Å²) in [5, 5.41) is 2.52.